The summed E-state index contributed by atoms with van der Waals surface area (Å²) in [5.41, 5.74) is 6.68. The van der Waals surface area contributed by atoms with Gasteiger partial charge in [-0.2, -0.15) is 0 Å². The Bertz CT molecular complexity index is 205. The van der Waals surface area contributed by atoms with Gasteiger partial charge in [-0.25, -0.2) is 0 Å². The Morgan fingerprint density at radius 3 is 1.86 bits per heavy atom. The number of nitrogens with two attached hydrogens (primary N) is 1. The van der Waals surface area contributed by atoms with Gasteiger partial charge >= 0.3 is 41.4 Å². The van der Waals surface area contributed by atoms with Crippen molar-refractivity contribution in [1.29, 1.82) is 0 Å². The number of hydrogen-bond donors (Lipinski definition) is 1. The van der Waals surface area contributed by atoms with Crippen molar-refractivity contribution in [2.75, 3.05) is 6.54 Å². The van der Waals surface area contributed by atoms with E-state index < -0.39 is 10.9 Å². The SMILES string of the molecule is Cl.NCCc1ccccc1.[Cl][Co]([Cl])[Cl]. The van der Waals surface area contributed by atoms with Crippen molar-refractivity contribution in [2.24, 2.45) is 5.73 Å². The molecule has 0 spiro atoms. The molecule has 1 rings (SSSR count). The van der Waals surface area contributed by atoms with E-state index in [-0.39, 0.29) is 12.4 Å². The van der Waals surface area contributed by atoms with Crippen LogP contribution in [0.25, 0.3) is 0 Å². The average Bonchev–Trinajstić information content (AvgIpc) is 2.06. The van der Waals surface area contributed by atoms with E-state index in [0.717, 1.165) is 13.0 Å². The van der Waals surface area contributed by atoms with Crippen LogP contribution in [0.3, 0.4) is 0 Å². The van der Waals surface area contributed by atoms with Crippen LogP contribution in [0.4, 0.5) is 0 Å². The summed E-state index contributed by atoms with van der Waals surface area (Å²) < 4.78 is 0. The van der Waals surface area contributed by atoms with Crippen molar-refractivity contribution in [3.63, 3.8) is 0 Å². The second-order valence-corrected chi connectivity index (χ2v) is 7.33. The molecule has 86 valence electrons. The molecule has 0 bridgehead atoms. The molecule has 0 aliphatic carbocycles. The summed E-state index contributed by atoms with van der Waals surface area (Å²) in [6.45, 7) is 0.740. The molecule has 1 aromatic rings. The Morgan fingerprint density at radius 2 is 1.50 bits per heavy atom. The first-order valence-electron chi connectivity index (χ1n) is 3.55. The van der Waals surface area contributed by atoms with E-state index in [2.05, 4.69) is 12.1 Å². The molecular weight excluding hydrogens is 311 g/mol. The van der Waals surface area contributed by atoms with Gasteiger partial charge in [0.15, 0.2) is 0 Å². The van der Waals surface area contributed by atoms with E-state index in [0.29, 0.717) is 0 Å². The minimum atomic E-state index is -1.19. The summed E-state index contributed by atoms with van der Waals surface area (Å²) in [6.07, 6.45) is 0.987. The number of hydrogen-bond acceptors (Lipinski definition) is 1. The number of benzene rings is 1. The van der Waals surface area contributed by atoms with Crippen LogP contribution < -0.4 is 5.73 Å². The van der Waals surface area contributed by atoms with E-state index in [1.54, 1.807) is 0 Å². The maximum atomic E-state index is 5.36. The molecule has 0 atom stereocenters. The normalized spacial score (nSPS) is 9.29. The van der Waals surface area contributed by atoms with Gasteiger partial charge < -0.3 is 5.73 Å². The van der Waals surface area contributed by atoms with Crippen LogP contribution in [0.15, 0.2) is 30.3 Å². The molecule has 6 heteroatoms. The Labute approximate surface area is 108 Å². The predicted octanol–water partition coefficient (Wildman–Crippen LogP) is 3.68. The van der Waals surface area contributed by atoms with Gasteiger partial charge in [0.1, 0.15) is 0 Å². The van der Waals surface area contributed by atoms with Gasteiger partial charge in [0.2, 0.25) is 0 Å². The number of rotatable bonds is 2. The van der Waals surface area contributed by atoms with Gasteiger partial charge in [-0.15, -0.1) is 12.4 Å². The molecule has 0 saturated carbocycles. The molecule has 1 nitrogen and oxygen atoms in total. The molecule has 0 saturated heterocycles. The van der Waals surface area contributed by atoms with Gasteiger partial charge in [-0.05, 0) is 18.5 Å². The third kappa shape index (κ3) is 12.8. The molecule has 0 heterocycles. The molecule has 14 heavy (non-hydrogen) atoms. The molecule has 0 aliphatic rings. The van der Waals surface area contributed by atoms with Crippen LogP contribution in [-0.2, 0) is 17.4 Å². The Balaban J connectivity index is 0. The first-order valence-corrected chi connectivity index (χ1v) is 7.85. The Kier molecular flexibility index (Phi) is 14.7. The van der Waals surface area contributed by atoms with Gasteiger partial charge in [0.05, 0.1) is 0 Å². The topological polar surface area (TPSA) is 26.0 Å². The fourth-order valence-electron chi connectivity index (χ4n) is 0.811. The molecule has 2 N–H and O–H groups in total. The Morgan fingerprint density at radius 1 is 1.07 bits per heavy atom. The summed E-state index contributed by atoms with van der Waals surface area (Å²) >= 11 is 0. The third-order valence-corrected chi connectivity index (χ3v) is 1.28. The minimum absolute atomic E-state index is 0. The second-order valence-electron chi connectivity index (χ2n) is 2.17. The van der Waals surface area contributed by atoms with Gasteiger partial charge in [0.25, 0.3) is 0 Å². The maximum absolute atomic E-state index is 5.36. The predicted molar refractivity (Wildman–Crippen MR) is 64.0 cm³/mol. The zero-order valence-electron chi connectivity index (χ0n) is 7.25. The summed E-state index contributed by atoms with van der Waals surface area (Å²) in [7, 11) is 13.4. The molecule has 0 fully saturated rings. The van der Waals surface area contributed by atoms with Crippen molar-refractivity contribution in [3.8, 4) is 0 Å². The molecule has 0 aromatic heterocycles. The van der Waals surface area contributed by atoms with E-state index in [1.807, 2.05) is 18.2 Å². The standard InChI is InChI=1S/C8H11N.4ClH.Co/c9-7-6-8-4-2-1-3-5-8;;;;;/h1-5H,6-7,9H2;4*1H;/q;;;;;+3/p-3. The summed E-state index contributed by atoms with van der Waals surface area (Å²) in [4.78, 5) is 0. The first kappa shape index (κ1) is 17.2. The summed E-state index contributed by atoms with van der Waals surface area (Å²) in [5.74, 6) is 0. The van der Waals surface area contributed by atoms with Crippen molar-refractivity contribution in [3.05, 3.63) is 35.9 Å². The van der Waals surface area contributed by atoms with E-state index in [9.17, 15) is 0 Å². The van der Waals surface area contributed by atoms with Crippen LogP contribution in [0.5, 0.6) is 0 Å². The van der Waals surface area contributed by atoms with Crippen LogP contribution in [0, 0.1) is 0 Å². The summed E-state index contributed by atoms with van der Waals surface area (Å²) in [6, 6.07) is 10.3. The average molecular weight is 323 g/mol. The molecular formula is C8H12Cl4CoN. The third-order valence-electron chi connectivity index (χ3n) is 1.28. The first-order chi connectivity index (χ1) is 6.16. The quantitative estimate of drug-likeness (QED) is 0.883. The zero-order valence-corrected chi connectivity index (χ0v) is 11.4. The van der Waals surface area contributed by atoms with Crippen LogP contribution in [0.2, 0.25) is 0 Å². The fourth-order valence-corrected chi connectivity index (χ4v) is 0.811. The van der Waals surface area contributed by atoms with Crippen molar-refractivity contribution in [1.82, 2.24) is 0 Å². The second kappa shape index (κ2) is 11.9. The van der Waals surface area contributed by atoms with E-state index >= 15 is 0 Å². The molecule has 0 radical (unpaired) electrons. The van der Waals surface area contributed by atoms with E-state index in [1.165, 1.54) is 5.56 Å². The molecule has 0 aliphatic heterocycles. The molecule has 0 unspecified atom stereocenters. The van der Waals surface area contributed by atoms with Crippen molar-refractivity contribution < 1.29 is 10.9 Å². The van der Waals surface area contributed by atoms with Gasteiger partial charge in [-0.1, -0.05) is 30.3 Å². The number of halogens is 4. The molecule has 1 aromatic carbocycles. The zero-order chi connectivity index (χ0) is 10.1. The summed E-state index contributed by atoms with van der Waals surface area (Å²) in [5, 5.41) is 0. The van der Waals surface area contributed by atoms with E-state index in [4.69, 9.17) is 36.2 Å². The van der Waals surface area contributed by atoms with Crippen LogP contribution in [0.1, 0.15) is 5.56 Å². The van der Waals surface area contributed by atoms with Crippen molar-refractivity contribution >= 4 is 42.8 Å². The van der Waals surface area contributed by atoms with Crippen LogP contribution >= 0.6 is 42.8 Å². The fraction of sp³-hybridized carbons (Fsp3) is 0.250. The van der Waals surface area contributed by atoms with Gasteiger partial charge in [-0.3, -0.25) is 0 Å². The molecule has 0 amide bonds. The van der Waals surface area contributed by atoms with Crippen LogP contribution in [-0.4, -0.2) is 6.54 Å². The Hall–Kier alpha value is 0.846. The monoisotopic (exact) mass is 321 g/mol. The van der Waals surface area contributed by atoms with Gasteiger partial charge in [0, 0.05) is 0 Å². The van der Waals surface area contributed by atoms with Crippen molar-refractivity contribution in [2.45, 2.75) is 6.42 Å².